The number of hydrogen-bond donors (Lipinski definition) is 0. The summed E-state index contributed by atoms with van der Waals surface area (Å²) in [4.78, 5) is 0. The SMILES string of the molecule is C[SiH]1c2cc(-c3cccc4c3sc3ccccc34)ccc2-c2ccc(-n3c4ccc(-c5ccc(-c6ccccc6)cc5)cc4c4cc(-c5ccc(-c6ccccc6)cc5)ccc43)cc21. The van der Waals surface area contributed by atoms with Gasteiger partial charge in [0.2, 0.25) is 0 Å². The molecule has 3 heterocycles. The van der Waals surface area contributed by atoms with Crippen molar-refractivity contribution in [1.29, 1.82) is 0 Å². The van der Waals surface area contributed by atoms with Crippen LogP contribution in [-0.2, 0) is 0 Å². The Morgan fingerprint density at radius 1 is 0.328 bits per heavy atom. The highest BCUT2D eigenvalue weighted by Crippen LogP contribution is 2.42. The van der Waals surface area contributed by atoms with Crippen LogP contribution < -0.4 is 10.4 Å². The van der Waals surface area contributed by atoms with Crippen molar-refractivity contribution >= 4 is 72.5 Å². The normalized spacial score (nSPS) is 13.2. The fraction of sp³-hybridized carbons (Fsp3) is 0.0164. The molecule has 13 rings (SSSR count). The van der Waals surface area contributed by atoms with Crippen LogP contribution in [0.25, 0.3) is 114 Å². The van der Waals surface area contributed by atoms with Gasteiger partial charge >= 0.3 is 0 Å². The summed E-state index contributed by atoms with van der Waals surface area (Å²) in [6.45, 7) is 2.52. The van der Waals surface area contributed by atoms with Crippen LogP contribution in [0.15, 0.2) is 224 Å². The lowest BCUT2D eigenvalue weighted by Gasteiger charge is -2.12. The first-order chi connectivity index (χ1) is 31.6. The van der Waals surface area contributed by atoms with E-state index in [9.17, 15) is 0 Å². The molecule has 0 N–H and O–H groups in total. The third kappa shape index (κ3) is 5.96. The first-order valence-corrected chi connectivity index (χ1v) is 25.3. The highest BCUT2D eigenvalue weighted by atomic mass is 32.1. The summed E-state index contributed by atoms with van der Waals surface area (Å²) < 4.78 is 5.23. The molecule has 12 aromatic rings. The van der Waals surface area contributed by atoms with Gasteiger partial charge in [0, 0.05) is 36.6 Å². The van der Waals surface area contributed by atoms with E-state index < -0.39 is 8.80 Å². The molecule has 300 valence electrons. The Labute approximate surface area is 378 Å². The molecule has 0 radical (unpaired) electrons. The van der Waals surface area contributed by atoms with Crippen LogP contribution in [0.2, 0.25) is 6.55 Å². The van der Waals surface area contributed by atoms with Gasteiger partial charge in [0.1, 0.15) is 8.80 Å². The second-order valence-electron chi connectivity index (χ2n) is 17.3. The minimum Gasteiger partial charge on any atom is -0.309 e. The molecule has 0 saturated heterocycles. The van der Waals surface area contributed by atoms with Crippen molar-refractivity contribution < 1.29 is 0 Å². The number of fused-ring (bicyclic) bond motifs is 9. The molecule has 1 nitrogen and oxygen atoms in total. The van der Waals surface area contributed by atoms with E-state index in [-0.39, 0.29) is 0 Å². The number of benzene rings is 10. The van der Waals surface area contributed by atoms with E-state index in [1.54, 1.807) is 0 Å². The molecular formula is C61H41NSSi. The monoisotopic (exact) mass is 847 g/mol. The van der Waals surface area contributed by atoms with E-state index in [1.807, 2.05) is 11.3 Å². The maximum absolute atomic E-state index is 2.52. The van der Waals surface area contributed by atoms with E-state index >= 15 is 0 Å². The summed E-state index contributed by atoms with van der Waals surface area (Å²) in [6.07, 6.45) is 0. The lowest BCUT2D eigenvalue weighted by Crippen LogP contribution is -2.34. The second kappa shape index (κ2) is 14.8. The van der Waals surface area contributed by atoms with Crippen LogP contribution in [-0.4, -0.2) is 13.4 Å². The van der Waals surface area contributed by atoms with Gasteiger partial charge in [-0.25, -0.2) is 0 Å². The predicted molar refractivity (Wildman–Crippen MR) is 279 cm³/mol. The van der Waals surface area contributed by atoms with E-state index in [0.717, 1.165) is 0 Å². The third-order valence-corrected chi connectivity index (χ3v) is 17.7. The number of nitrogens with zero attached hydrogens (tertiary/aromatic N) is 1. The molecule has 0 spiro atoms. The van der Waals surface area contributed by atoms with Crippen LogP contribution in [0.4, 0.5) is 0 Å². The first kappa shape index (κ1) is 37.0. The highest BCUT2D eigenvalue weighted by molar-refractivity contribution is 7.26. The van der Waals surface area contributed by atoms with Crippen LogP contribution >= 0.6 is 11.3 Å². The Bertz CT molecular complexity index is 3630. The Hall–Kier alpha value is -7.56. The second-order valence-corrected chi connectivity index (χ2v) is 21.0. The maximum atomic E-state index is 2.52. The van der Waals surface area contributed by atoms with Gasteiger partial charge in [0.05, 0.1) is 11.0 Å². The van der Waals surface area contributed by atoms with Crippen molar-refractivity contribution in [3.8, 4) is 72.4 Å². The van der Waals surface area contributed by atoms with Crippen molar-refractivity contribution in [3.05, 3.63) is 224 Å². The zero-order chi connectivity index (χ0) is 42.3. The molecule has 0 amide bonds. The summed E-state index contributed by atoms with van der Waals surface area (Å²) in [7, 11) is -1.51. The zero-order valence-corrected chi connectivity index (χ0v) is 37.3. The highest BCUT2D eigenvalue weighted by Gasteiger charge is 2.28. The molecule has 0 bridgehead atoms. The van der Waals surface area contributed by atoms with E-state index in [2.05, 4.69) is 236 Å². The quantitative estimate of drug-likeness (QED) is 0.147. The Morgan fingerprint density at radius 3 is 1.41 bits per heavy atom. The smallest absolute Gasteiger partial charge is 0.101 e. The average Bonchev–Trinajstić information content (AvgIpc) is 4.01. The van der Waals surface area contributed by atoms with Gasteiger partial charge in [-0.15, -0.1) is 11.3 Å². The Morgan fingerprint density at radius 2 is 0.797 bits per heavy atom. The molecule has 1 unspecified atom stereocenters. The van der Waals surface area contributed by atoms with Gasteiger partial charge in [-0.05, 0) is 120 Å². The van der Waals surface area contributed by atoms with Gasteiger partial charge in [-0.3, -0.25) is 0 Å². The van der Waals surface area contributed by atoms with Crippen molar-refractivity contribution in [1.82, 2.24) is 4.57 Å². The molecule has 1 aliphatic rings. The fourth-order valence-electron chi connectivity index (χ4n) is 10.4. The fourth-order valence-corrected chi connectivity index (χ4v) is 14.3. The number of hydrogen-bond acceptors (Lipinski definition) is 1. The molecular weight excluding hydrogens is 807 g/mol. The molecule has 64 heavy (non-hydrogen) atoms. The van der Waals surface area contributed by atoms with E-state index in [0.29, 0.717) is 0 Å². The van der Waals surface area contributed by atoms with Crippen molar-refractivity contribution in [2.24, 2.45) is 0 Å². The molecule has 1 atom stereocenters. The maximum Gasteiger partial charge on any atom is 0.101 e. The molecule has 0 fully saturated rings. The first-order valence-electron chi connectivity index (χ1n) is 22.2. The summed E-state index contributed by atoms with van der Waals surface area (Å²) in [5.41, 5.74) is 18.9. The van der Waals surface area contributed by atoms with Gasteiger partial charge < -0.3 is 4.57 Å². The van der Waals surface area contributed by atoms with Crippen LogP contribution in [0.1, 0.15) is 0 Å². The molecule has 2 aromatic heterocycles. The third-order valence-electron chi connectivity index (χ3n) is 13.7. The molecule has 1 aliphatic heterocycles. The summed E-state index contributed by atoms with van der Waals surface area (Å²) in [5.74, 6) is 0. The Balaban J connectivity index is 0.918. The van der Waals surface area contributed by atoms with Gasteiger partial charge in [-0.2, -0.15) is 0 Å². The Kier molecular flexibility index (Phi) is 8.55. The minimum absolute atomic E-state index is 1.22. The summed E-state index contributed by atoms with van der Waals surface area (Å²) in [6, 6.07) is 83.6. The van der Waals surface area contributed by atoms with Gasteiger partial charge in [-0.1, -0.05) is 189 Å². The largest absolute Gasteiger partial charge is 0.309 e. The molecule has 0 aliphatic carbocycles. The van der Waals surface area contributed by atoms with Crippen LogP contribution in [0, 0.1) is 0 Å². The number of rotatable bonds is 6. The van der Waals surface area contributed by atoms with Crippen molar-refractivity contribution in [3.63, 3.8) is 0 Å². The average molecular weight is 848 g/mol. The van der Waals surface area contributed by atoms with Gasteiger partial charge in [0.25, 0.3) is 0 Å². The zero-order valence-electron chi connectivity index (χ0n) is 35.3. The van der Waals surface area contributed by atoms with E-state index in [4.69, 9.17) is 0 Å². The lowest BCUT2D eigenvalue weighted by molar-refractivity contribution is 1.18. The lowest BCUT2D eigenvalue weighted by atomic mass is 9.97. The number of thiophene rings is 1. The minimum atomic E-state index is -1.51. The standard InChI is InChI=1S/C61H41NSSi/c1-64-59-37-47(49-16-10-17-53-50-15-8-9-18-58(50)63-61(49)53)27-31-51(59)52-32-30-48(38-60(52)64)62-56-33-28-45(43-23-19-41(20-24-43)39-11-4-2-5-12-39)35-54(56)55-36-46(29-34-57(55)62)44-25-21-42(22-26-44)40-13-6-3-7-14-40/h2-38,64H,1H3. The van der Waals surface area contributed by atoms with Crippen molar-refractivity contribution in [2.45, 2.75) is 6.55 Å². The molecule has 0 saturated carbocycles. The van der Waals surface area contributed by atoms with Crippen LogP contribution in [0.3, 0.4) is 0 Å². The van der Waals surface area contributed by atoms with Crippen molar-refractivity contribution in [2.75, 3.05) is 0 Å². The topological polar surface area (TPSA) is 4.93 Å². The molecule has 3 heteroatoms. The predicted octanol–water partition coefficient (Wildman–Crippen LogP) is 15.4. The summed E-state index contributed by atoms with van der Waals surface area (Å²) >= 11 is 1.91. The van der Waals surface area contributed by atoms with Gasteiger partial charge in [0.15, 0.2) is 0 Å². The molecule has 10 aromatic carbocycles. The number of aromatic nitrogens is 1. The van der Waals surface area contributed by atoms with E-state index in [1.165, 1.54) is 125 Å². The van der Waals surface area contributed by atoms with Crippen LogP contribution in [0.5, 0.6) is 0 Å². The summed E-state index contributed by atoms with van der Waals surface area (Å²) in [5, 5.41) is 8.28.